The maximum atomic E-state index is 12.4. The van der Waals surface area contributed by atoms with Crippen molar-refractivity contribution >= 4 is 16.7 Å². The van der Waals surface area contributed by atoms with Gasteiger partial charge in [-0.05, 0) is 18.6 Å². The first-order valence-electron chi connectivity index (χ1n) is 6.59. The third-order valence-electron chi connectivity index (χ3n) is 3.21. The van der Waals surface area contributed by atoms with Crippen LogP contribution in [0.5, 0.6) is 0 Å². The standard InChI is InChI=1S/C14H16N4O/c1-2-7-15-12-13-17-11-6-4-3-5-10(11)14(19)18(13)9-8-16-12/h3-6H,2,7-9H2,1H3,(H,15,16). The van der Waals surface area contributed by atoms with Crippen molar-refractivity contribution in [2.45, 2.75) is 19.9 Å². The fraction of sp³-hybridized carbons (Fsp3) is 0.357. The average molecular weight is 256 g/mol. The first kappa shape index (κ1) is 11.9. The van der Waals surface area contributed by atoms with E-state index in [1.165, 1.54) is 0 Å². The molecule has 1 aromatic heterocycles. The van der Waals surface area contributed by atoms with E-state index in [1.54, 1.807) is 4.57 Å². The molecule has 0 saturated carbocycles. The van der Waals surface area contributed by atoms with E-state index >= 15 is 0 Å². The molecule has 98 valence electrons. The van der Waals surface area contributed by atoms with E-state index in [9.17, 15) is 4.79 Å². The van der Waals surface area contributed by atoms with Gasteiger partial charge in [-0.3, -0.25) is 14.4 Å². The maximum Gasteiger partial charge on any atom is 0.261 e. The highest BCUT2D eigenvalue weighted by atomic mass is 16.1. The molecule has 2 aromatic rings. The predicted molar refractivity (Wildman–Crippen MR) is 75.7 cm³/mol. The molecule has 0 atom stereocenters. The van der Waals surface area contributed by atoms with E-state index in [1.807, 2.05) is 24.3 Å². The van der Waals surface area contributed by atoms with Crippen molar-refractivity contribution in [1.29, 1.82) is 0 Å². The molecule has 1 aliphatic rings. The topological polar surface area (TPSA) is 59.3 Å². The van der Waals surface area contributed by atoms with Crippen LogP contribution in [0.3, 0.4) is 0 Å². The zero-order valence-electron chi connectivity index (χ0n) is 10.9. The van der Waals surface area contributed by atoms with Crippen LogP contribution in [0.15, 0.2) is 34.1 Å². The molecule has 3 rings (SSSR count). The Bertz CT molecular complexity index is 702. The van der Waals surface area contributed by atoms with E-state index in [2.05, 4.69) is 22.2 Å². The summed E-state index contributed by atoms with van der Waals surface area (Å²) in [5.74, 6) is 1.39. The third kappa shape index (κ3) is 2.01. The molecule has 1 aliphatic heterocycles. The Morgan fingerprint density at radius 1 is 1.37 bits per heavy atom. The molecular formula is C14H16N4O. The van der Waals surface area contributed by atoms with Gasteiger partial charge in [-0.1, -0.05) is 19.1 Å². The molecule has 19 heavy (non-hydrogen) atoms. The predicted octanol–water partition coefficient (Wildman–Crippen LogP) is 1.16. The SMILES string of the molecule is CCCNC1=NCCn2c1nc1ccccc1c2=O. The second-order valence-electron chi connectivity index (χ2n) is 4.57. The summed E-state index contributed by atoms with van der Waals surface area (Å²) in [6, 6.07) is 7.45. The Balaban J connectivity index is 2.18. The van der Waals surface area contributed by atoms with Crippen LogP contribution in [0, 0.1) is 0 Å². The maximum absolute atomic E-state index is 12.4. The van der Waals surface area contributed by atoms with Crippen LogP contribution < -0.4 is 10.9 Å². The van der Waals surface area contributed by atoms with Gasteiger partial charge >= 0.3 is 0 Å². The first-order chi connectivity index (χ1) is 9.31. The highest BCUT2D eigenvalue weighted by molar-refractivity contribution is 5.97. The van der Waals surface area contributed by atoms with Crippen LogP contribution in [-0.4, -0.2) is 28.5 Å². The van der Waals surface area contributed by atoms with Gasteiger partial charge in [-0.2, -0.15) is 0 Å². The molecule has 0 fully saturated rings. The van der Waals surface area contributed by atoms with Gasteiger partial charge in [0.2, 0.25) is 0 Å². The summed E-state index contributed by atoms with van der Waals surface area (Å²) in [6.45, 7) is 4.15. The fourth-order valence-corrected chi connectivity index (χ4v) is 2.27. The molecule has 0 aliphatic carbocycles. The number of benzene rings is 1. The number of nitrogens with one attached hydrogen (secondary N) is 1. The van der Waals surface area contributed by atoms with Gasteiger partial charge in [0.05, 0.1) is 17.4 Å². The number of hydrogen-bond donors (Lipinski definition) is 1. The minimum absolute atomic E-state index is 0.0197. The molecule has 5 nitrogen and oxygen atoms in total. The lowest BCUT2D eigenvalue weighted by Gasteiger charge is -2.19. The second-order valence-corrected chi connectivity index (χ2v) is 4.57. The highest BCUT2D eigenvalue weighted by Crippen LogP contribution is 2.10. The second kappa shape index (κ2) is 4.84. The Hall–Kier alpha value is -2.17. The lowest BCUT2D eigenvalue weighted by Crippen LogP contribution is -2.38. The van der Waals surface area contributed by atoms with Crippen LogP contribution in [0.4, 0.5) is 0 Å². The quantitative estimate of drug-likeness (QED) is 0.877. The third-order valence-corrected chi connectivity index (χ3v) is 3.21. The van der Waals surface area contributed by atoms with Gasteiger partial charge in [0, 0.05) is 13.1 Å². The van der Waals surface area contributed by atoms with Crippen LogP contribution in [0.1, 0.15) is 19.2 Å². The first-order valence-corrected chi connectivity index (χ1v) is 6.59. The summed E-state index contributed by atoms with van der Waals surface area (Å²) in [5.41, 5.74) is 0.748. The lowest BCUT2D eigenvalue weighted by atomic mass is 10.2. The largest absolute Gasteiger partial charge is 0.367 e. The summed E-state index contributed by atoms with van der Waals surface area (Å²) in [6.07, 6.45) is 1.01. The van der Waals surface area contributed by atoms with Gasteiger partial charge in [-0.25, -0.2) is 4.98 Å². The summed E-state index contributed by atoms with van der Waals surface area (Å²) in [4.78, 5) is 21.5. The molecule has 0 saturated heterocycles. The van der Waals surface area contributed by atoms with Crippen molar-refractivity contribution in [1.82, 2.24) is 14.9 Å². The van der Waals surface area contributed by atoms with E-state index in [4.69, 9.17) is 0 Å². The molecule has 2 heterocycles. The normalized spacial score (nSPS) is 14.1. The van der Waals surface area contributed by atoms with Crippen LogP contribution >= 0.6 is 0 Å². The number of hydrogen-bond acceptors (Lipinski definition) is 4. The Labute approximate surface area is 111 Å². The Morgan fingerprint density at radius 3 is 3.05 bits per heavy atom. The smallest absolute Gasteiger partial charge is 0.261 e. The van der Waals surface area contributed by atoms with Crippen molar-refractivity contribution in [3.8, 4) is 0 Å². The number of amidine groups is 1. The summed E-state index contributed by atoms with van der Waals surface area (Å²) in [7, 11) is 0. The Kier molecular flexibility index (Phi) is 3.03. The molecule has 0 amide bonds. The number of nitrogens with zero attached hydrogens (tertiary/aromatic N) is 3. The lowest BCUT2D eigenvalue weighted by molar-refractivity contribution is 0.636. The number of rotatable bonds is 2. The minimum Gasteiger partial charge on any atom is -0.367 e. The summed E-state index contributed by atoms with van der Waals surface area (Å²) < 4.78 is 1.72. The van der Waals surface area contributed by atoms with E-state index in [0.29, 0.717) is 24.3 Å². The zero-order valence-corrected chi connectivity index (χ0v) is 10.9. The van der Waals surface area contributed by atoms with E-state index in [0.717, 1.165) is 24.3 Å². The number of para-hydroxylation sites is 1. The van der Waals surface area contributed by atoms with Gasteiger partial charge < -0.3 is 5.32 Å². The molecule has 1 aromatic carbocycles. The van der Waals surface area contributed by atoms with Gasteiger partial charge in [0.25, 0.3) is 5.56 Å². The van der Waals surface area contributed by atoms with Gasteiger partial charge in [0.1, 0.15) is 0 Å². The van der Waals surface area contributed by atoms with Crippen molar-refractivity contribution in [3.63, 3.8) is 0 Å². The van der Waals surface area contributed by atoms with Crippen molar-refractivity contribution in [2.24, 2.45) is 4.99 Å². The molecule has 5 heteroatoms. The zero-order chi connectivity index (χ0) is 13.2. The van der Waals surface area contributed by atoms with E-state index < -0.39 is 0 Å². The molecule has 0 bridgehead atoms. The summed E-state index contributed by atoms with van der Waals surface area (Å²) in [5, 5.41) is 3.92. The van der Waals surface area contributed by atoms with Crippen LogP contribution in [-0.2, 0) is 6.54 Å². The number of aliphatic imine (C=N–C) groups is 1. The Morgan fingerprint density at radius 2 is 2.21 bits per heavy atom. The average Bonchev–Trinajstić information content (AvgIpc) is 2.46. The van der Waals surface area contributed by atoms with Crippen LogP contribution in [0.2, 0.25) is 0 Å². The van der Waals surface area contributed by atoms with Crippen molar-refractivity contribution in [3.05, 3.63) is 40.4 Å². The van der Waals surface area contributed by atoms with Crippen molar-refractivity contribution in [2.75, 3.05) is 13.1 Å². The molecule has 0 unspecified atom stereocenters. The van der Waals surface area contributed by atoms with Gasteiger partial charge in [0.15, 0.2) is 11.7 Å². The fourth-order valence-electron chi connectivity index (χ4n) is 2.27. The number of fused-ring (bicyclic) bond motifs is 2. The van der Waals surface area contributed by atoms with Crippen LogP contribution in [0.25, 0.3) is 10.9 Å². The molecule has 0 radical (unpaired) electrons. The highest BCUT2D eigenvalue weighted by Gasteiger charge is 2.18. The van der Waals surface area contributed by atoms with E-state index in [-0.39, 0.29) is 5.56 Å². The summed E-state index contributed by atoms with van der Waals surface area (Å²) >= 11 is 0. The monoisotopic (exact) mass is 256 g/mol. The molecular weight excluding hydrogens is 240 g/mol. The molecule has 0 spiro atoms. The van der Waals surface area contributed by atoms with Crippen molar-refractivity contribution < 1.29 is 0 Å². The minimum atomic E-state index is 0.0197. The molecule has 1 N–H and O–H groups in total. The number of aromatic nitrogens is 2. The van der Waals surface area contributed by atoms with Gasteiger partial charge in [-0.15, -0.1) is 0 Å².